The van der Waals surface area contributed by atoms with Crippen molar-refractivity contribution >= 4 is 11.6 Å². The predicted molar refractivity (Wildman–Crippen MR) is 61.4 cm³/mol. The molecule has 17 heavy (non-hydrogen) atoms. The highest BCUT2D eigenvalue weighted by Crippen LogP contribution is 2.48. The zero-order valence-electron chi connectivity index (χ0n) is 10.7. The molecule has 1 saturated heterocycles. The number of rotatable bonds is 1. The van der Waals surface area contributed by atoms with Crippen LogP contribution in [0.2, 0.25) is 0 Å². The van der Waals surface area contributed by atoms with E-state index in [1.807, 2.05) is 27.7 Å². The van der Waals surface area contributed by atoms with Crippen molar-refractivity contribution < 1.29 is 14.8 Å². The summed E-state index contributed by atoms with van der Waals surface area (Å²) >= 11 is 0. The summed E-state index contributed by atoms with van der Waals surface area (Å²) in [5.74, 6) is -1.16. The zero-order valence-corrected chi connectivity index (χ0v) is 10.7. The van der Waals surface area contributed by atoms with Crippen molar-refractivity contribution in [3.05, 3.63) is 12.2 Å². The number of hydrogen-bond acceptors (Lipinski definition) is 3. The van der Waals surface area contributed by atoms with Gasteiger partial charge in [0.15, 0.2) is 11.6 Å². The van der Waals surface area contributed by atoms with Gasteiger partial charge >= 0.3 is 0 Å². The van der Waals surface area contributed by atoms with Crippen molar-refractivity contribution in [3.8, 4) is 0 Å². The smallest absolute Gasteiger partial charge is 0.166 e. The number of hydrogen-bond donors (Lipinski definition) is 0. The van der Waals surface area contributed by atoms with E-state index in [1.165, 1.54) is 12.2 Å². The Bertz CT molecular complexity index is 391. The first-order chi connectivity index (χ1) is 7.68. The van der Waals surface area contributed by atoms with Gasteiger partial charge in [0.25, 0.3) is 0 Å². The Labute approximate surface area is 101 Å². The van der Waals surface area contributed by atoms with E-state index in [9.17, 15) is 14.8 Å². The molecule has 93 valence electrons. The molecule has 2 aliphatic rings. The third-order valence-electron chi connectivity index (χ3n) is 4.13. The normalized spacial score (nSPS) is 32.6. The lowest BCUT2D eigenvalue weighted by molar-refractivity contribution is -0.249. The van der Waals surface area contributed by atoms with Crippen molar-refractivity contribution in [1.29, 1.82) is 0 Å². The molecule has 1 atom stereocenters. The van der Waals surface area contributed by atoms with Gasteiger partial charge in [-0.3, -0.25) is 9.59 Å². The van der Waals surface area contributed by atoms with E-state index in [2.05, 4.69) is 0 Å². The first kappa shape index (κ1) is 12.5. The van der Waals surface area contributed by atoms with Crippen molar-refractivity contribution in [2.45, 2.75) is 45.2 Å². The van der Waals surface area contributed by atoms with E-state index in [4.69, 9.17) is 0 Å². The number of allylic oxidation sites excluding steroid dienone is 2. The highest BCUT2D eigenvalue weighted by atomic mass is 16.5. The second-order valence-corrected chi connectivity index (χ2v) is 6.19. The minimum atomic E-state index is -0.675. The van der Waals surface area contributed by atoms with Gasteiger partial charge in [-0.1, -0.05) is 0 Å². The highest BCUT2D eigenvalue weighted by Gasteiger charge is 2.57. The minimum absolute atomic E-state index is 0.154. The molecule has 4 nitrogen and oxygen atoms in total. The maximum absolute atomic E-state index is 12.2. The van der Waals surface area contributed by atoms with Crippen LogP contribution >= 0.6 is 0 Å². The Kier molecular flexibility index (Phi) is 2.56. The fraction of sp³-hybridized carbons (Fsp3) is 0.692. The molecule has 1 unspecified atom stereocenters. The molecule has 2 rings (SSSR count). The number of carbonyl (C=O) groups excluding carboxylic acids is 2. The standard InChI is InChI=1S/C13H18NO3/c1-12(2)7-8(13(3,4)14(12)17)11-9(15)5-6-10(11)16/h5-6,8,11H,7H2,1-4H3. The summed E-state index contributed by atoms with van der Waals surface area (Å²) in [5, 5.41) is 13.2. The molecule has 0 aromatic heterocycles. The molecule has 1 aliphatic carbocycles. The maximum atomic E-state index is 12.2. The van der Waals surface area contributed by atoms with Gasteiger partial charge in [-0.25, -0.2) is 0 Å². The van der Waals surface area contributed by atoms with Crippen molar-refractivity contribution in [2.75, 3.05) is 0 Å². The van der Waals surface area contributed by atoms with Gasteiger partial charge in [0.1, 0.15) is 0 Å². The van der Waals surface area contributed by atoms with E-state index in [0.29, 0.717) is 6.42 Å². The molecule has 0 bridgehead atoms. The molecule has 4 heteroatoms. The van der Waals surface area contributed by atoms with Crippen LogP contribution in [0.5, 0.6) is 0 Å². The van der Waals surface area contributed by atoms with E-state index in [-0.39, 0.29) is 17.5 Å². The average molecular weight is 236 g/mol. The molecular weight excluding hydrogens is 218 g/mol. The van der Waals surface area contributed by atoms with Gasteiger partial charge in [-0.05, 0) is 52.2 Å². The largest absolute Gasteiger partial charge is 0.294 e. The van der Waals surface area contributed by atoms with E-state index >= 15 is 0 Å². The lowest BCUT2D eigenvalue weighted by atomic mass is 9.75. The van der Waals surface area contributed by atoms with Crippen LogP contribution in [-0.4, -0.2) is 27.7 Å². The van der Waals surface area contributed by atoms with E-state index < -0.39 is 17.0 Å². The van der Waals surface area contributed by atoms with Crippen LogP contribution in [0.1, 0.15) is 34.1 Å². The molecule has 1 heterocycles. The van der Waals surface area contributed by atoms with E-state index in [1.54, 1.807) is 0 Å². The monoisotopic (exact) mass is 236 g/mol. The molecule has 0 spiro atoms. The SMILES string of the molecule is CC1(C)CC(C2C(=O)C=CC2=O)C(C)(C)N1[O]. The minimum Gasteiger partial charge on any atom is -0.294 e. The highest BCUT2D eigenvalue weighted by molar-refractivity contribution is 6.19. The summed E-state index contributed by atoms with van der Waals surface area (Å²) in [4.78, 5) is 23.5. The van der Waals surface area contributed by atoms with E-state index in [0.717, 1.165) is 5.06 Å². The zero-order chi connectivity index (χ0) is 13.0. The molecule has 0 saturated carbocycles. The molecule has 0 aromatic rings. The van der Waals surface area contributed by atoms with Crippen LogP contribution in [-0.2, 0) is 14.8 Å². The molecule has 1 radical (unpaired) electrons. The summed E-state index contributed by atoms with van der Waals surface area (Å²) in [7, 11) is 0. The van der Waals surface area contributed by atoms with Gasteiger partial charge in [0, 0.05) is 11.1 Å². The second-order valence-electron chi connectivity index (χ2n) is 6.19. The van der Waals surface area contributed by atoms with Crippen LogP contribution in [0.25, 0.3) is 0 Å². The number of nitrogens with zero attached hydrogens (tertiary/aromatic N) is 1. The van der Waals surface area contributed by atoms with Crippen LogP contribution in [0.3, 0.4) is 0 Å². The summed E-state index contributed by atoms with van der Waals surface area (Å²) in [6.45, 7) is 7.36. The van der Waals surface area contributed by atoms with Crippen molar-refractivity contribution in [2.24, 2.45) is 11.8 Å². The maximum Gasteiger partial charge on any atom is 0.166 e. The van der Waals surface area contributed by atoms with Gasteiger partial charge in [0.2, 0.25) is 0 Å². The summed E-state index contributed by atoms with van der Waals surface area (Å²) in [6, 6.07) is 0. The van der Waals surface area contributed by atoms with Crippen molar-refractivity contribution in [1.82, 2.24) is 5.06 Å². The Morgan fingerprint density at radius 3 is 1.94 bits per heavy atom. The Morgan fingerprint density at radius 1 is 1.12 bits per heavy atom. The van der Waals surface area contributed by atoms with Gasteiger partial charge in [-0.2, -0.15) is 0 Å². The van der Waals surface area contributed by atoms with Crippen LogP contribution in [0.15, 0.2) is 12.2 Å². The lowest BCUT2D eigenvalue weighted by Gasteiger charge is -2.34. The molecule has 1 fully saturated rings. The Morgan fingerprint density at radius 2 is 1.59 bits per heavy atom. The molecule has 0 aromatic carbocycles. The first-order valence-electron chi connectivity index (χ1n) is 5.91. The van der Waals surface area contributed by atoms with Gasteiger partial charge in [-0.15, -0.1) is 10.3 Å². The molecule has 0 N–H and O–H groups in total. The average Bonchev–Trinajstić information content (AvgIpc) is 2.60. The molecule has 1 aliphatic heterocycles. The fourth-order valence-electron chi connectivity index (χ4n) is 3.24. The topological polar surface area (TPSA) is 57.3 Å². The third-order valence-corrected chi connectivity index (χ3v) is 4.13. The third kappa shape index (κ3) is 1.67. The van der Waals surface area contributed by atoms with Crippen molar-refractivity contribution in [3.63, 3.8) is 0 Å². The lowest BCUT2D eigenvalue weighted by Crippen LogP contribution is -2.48. The summed E-state index contributed by atoms with van der Waals surface area (Å²) < 4.78 is 0. The Hall–Kier alpha value is -1.00. The number of carbonyl (C=O) groups is 2. The summed E-state index contributed by atoms with van der Waals surface area (Å²) in [6.07, 6.45) is 3.25. The van der Waals surface area contributed by atoms with Crippen LogP contribution in [0.4, 0.5) is 0 Å². The number of hydroxylamine groups is 2. The summed E-state index contributed by atoms with van der Waals surface area (Å²) in [5.41, 5.74) is -1.19. The molecule has 0 amide bonds. The van der Waals surface area contributed by atoms with Crippen LogP contribution in [0, 0.1) is 11.8 Å². The molecular formula is C13H18NO3. The fourth-order valence-corrected chi connectivity index (χ4v) is 3.24. The van der Waals surface area contributed by atoms with Gasteiger partial charge in [0.05, 0.1) is 5.92 Å². The first-order valence-corrected chi connectivity index (χ1v) is 5.91. The predicted octanol–water partition coefficient (Wildman–Crippen LogP) is 1.54. The van der Waals surface area contributed by atoms with Crippen LogP contribution < -0.4 is 0 Å². The number of ketones is 2. The quantitative estimate of drug-likeness (QED) is 0.649. The Balaban J connectivity index is 2.35. The second kappa shape index (κ2) is 3.50. The van der Waals surface area contributed by atoms with Gasteiger partial charge < -0.3 is 0 Å².